The molecule has 170 valence electrons. The molecule has 3 aromatic rings. The summed E-state index contributed by atoms with van der Waals surface area (Å²) in [6, 6.07) is 5.54. The Morgan fingerprint density at radius 3 is 2.76 bits per heavy atom. The van der Waals surface area contributed by atoms with E-state index in [2.05, 4.69) is 32.4 Å². The van der Waals surface area contributed by atoms with Crippen molar-refractivity contribution in [2.24, 2.45) is 5.92 Å². The fourth-order valence-corrected chi connectivity index (χ4v) is 5.44. The highest BCUT2D eigenvalue weighted by Crippen LogP contribution is 2.56. The molecule has 6 rings (SSSR count). The number of nitrogens with zero attached hydrogens (tertiary/aromatic N) is 5. The number of rotatable bonds is 4. The van der Waals surface area contributed by atoms with Gasteiger partial charge in [0.25, 0.3) is 0 Å². The molecule has 3 atom stereocenters. The molecular weight excluding hydrogens is 423 g/mol. The largest absolute Gasteiger partial charge is 0.422 e. The summed E-state index contributed by atoms with van der Waals surface area (Å²) < 4.78 is 19.3. The van der Waals surface area contributed by atoms with E-state index >= 15 is 0 Å². The lowest BCUT2D eigenvalue weighted by Gasteiger charge is -2.61. The topological polar surface area (TPSA) is 97.0 Å². The lowest BCUT2D eigenvalue weighted by atomic mass is 9.64. The molecular formula is C24H25FN6O2. The number of carbonyl (C=O) groups excluding carboxylic acids is 1. The molecule has 2 bridgehead atoms. The van der Waals surface area contributed by atoms with E-state index in [1.165, 1.54) is 0 Å². The summed E-state index contributed by atoms with van der Waals surface area (Å²) in [4.78, 5) is 23.5. The molecule has 2 aromatic heterocycles. The highest BCUT2D eigenvalue weighted by Gasteiger charge is 2.62. The summed E-state index contributed by atoms with van der Waals surface area (Å²) in [5, 5.41) is 11.7. The van der Waals surface area contributed by atoms with Crippen LogP contribution in [0.3, 0.4) is 0 Å². The number of amides is 2. The predicted octanol–water partition coefficient (Wildman–Crippen LogP) is 4.78. The molecule has 1 aliphatic carbocycles. The third-order valence-corrected chi connectivity index (χ3v) is 7.09. The van der Waals surface area contributed by atoms with Crippen molar-refractivity contribution in [2.45, 2.75) is 63.5 Å². The minimum Gasteiger partial charge on any atom is -0.422 e. The van der Waals surface area contributed by atoms with Gasteiger partial charge in [-0.15, -0.1) is 10.2 Å². The van der Waals surface area contributed by atoms with E-state index in [4.69, 9.17) is 4.42 Å². The Balaban J connectivity index is 1.27. The molecule has 0 spiro atoms. The minimum absolute atomic E-state index is 0.148. The minimum atomic E-state index is -0.542. The SMILES string of the molecule is Cc1ccc(NC(=O)N2C3CC(C)CC2(c2nnc(C4CC4)o2)C3)cc1-c1ncc(F)cn1. The van der Waals surface area contributed by atoms with Crippen LogP contribution in [0, 0.1) is 18.7 Å². The lowest BCUT2D eigenvalue weighted by Crippen LogP contribution is -2.70. The first-order chi connectivity index (χ1) is 15.9. The smallest absolute Gasteiger partial charge is 0.323 e. The summed E-state index contributed by atoms with van der Waals surface area (Å²) in [5.74, 6) is 2.04. The van der Waals surface area contributed by atoms with Gasteiger partial charge >= 0.3 is 6.03 Å². The number of anilines is 1. The molecule has 2 amide bonds. The Hall–Kier alpha value is -3.36. The van der Waals surface area contributed by atoms with E-state index in [1.54, 1.807) is 0 Å². The van der Waals surface area contributed by atoms with Crippen LogP contribution in [0.4, 0.5) is 14.9 Å². The second kappa shape index (κ2) is 7.33. The molecule has 3 aliphatic rings. The van der Waals surface area contributed by atoms with Gasteiger partial charge in [-0.2, -0.15) is 0 Å². The van der Waals surface area contributed by atoms with Crippen LogP contribution < -0.4 is 5.32 Å². The first-order valence-corrected chi connectivity index (χ1v) is 11.5. The summed E-state index contributed by atoms with van der Waals surface area (Å²) in [6.45, 7) is 4.14. The van der Waals surface area contributed by atoms with Gasteiger partial charge in [-0.25, -0.2) is 19.2 Å². The van der Waals surface area contributed by atoms with Crippen LogP contribution in [0.5, 0.6) is 0 Å². The number of fused-ring (bicyclic) bond motifs is 2. The van der Waals surface area contributed by atoms with Gasteiger partial charge in [-0.05, 0) is 56.2 Å². The van der Waals surface area contributed by atoms with Gasteiger partial charge in [0, 0.05) is 29.6 Å². The lowest BCUT2D eigenvalue weighted by molar-refractivity contribution is -0.110. The average molecular weight is 449 g/mol. The third kappa shape index (κ3) is 3.37. The molecule has 1 aromatic carbocycles. The van der Waals surface area contributed by atoms with Gasteiger partial charge in [-0.1, -0.05) is 13.0 Å². The predicted molar refractivity (Wildman–Crippen MR) is 118 cm³/mol. The summed E-state index contributed by atoms with van der Waals surface area (Å²) in [7, 11) is 0. The van der Waals surface area contributed by atoms with Crippen LogP contribution in [0.15, 0.2) is 35.0 Å². The Bertz CT molecular complexity index is 1220. The molecule has 0 radical (unpaired) electrons. The van der Waals surface area contributed by atoms with Crippen molar-refractivity contribution in [1.82, 2.24) is 25.1 Å². The first kappa shape index (κ1) is 20.3. The number of carbonyl (C=O) groups is 1. The number of halogens is 1. The second-order valence-corrected chi connectivity index (χ2v) is 9.71. The fourth-order valence-electron chi connectivity index (χ4n) is 5.44. The van der Waals surface area contributed by atoms with Gasteiger partial charge in [0.05, 0.1) is 12.4 Å². The molecule has 1 saturated carbocycles. The van der Waals surface area contributed by atoms with E-state index in [9.17, 15) is 9.18 Å². The first-order valence-electron chi connectivity index (χ1n) is 11.5. The number of benzene rings is 1. The van der Waals surface area contributed by atoms with Crippen LogP contribution in [0.25, 0.3) is 11.4 Å². The zero-order valence-corrected chi connectivity index (χ0v) is 18.6. The molecule has 1 N–H and O–H groups in total. The van der Waals surface area contributed by atoms with Crippen LogP contribution >= 0.6 is 0 Å². The van der Waals surface area contributed by atoms with E-state index < -0.39 is 11.4 Å². The number of nitrogens with one attached hydrogen (secondary N) is 1. The highest BCUT2D eigenvalue weighted by molar-refractivity contribution is 5.91. The van der Waals surface area contributed by atoms with Gasteiger partial charge in [0.15, 0.2) is 11.6 Å². The second-order valence-electron chi connectivity index (χ2n) is 9.71. The van der Waals surface area contributed by atoms with Crippen molar-refractivity contribution in [2.75, 3.05) is 5.32 Å². The Morgan fingerprint density at radius 2 is 2.00 bits per heavy atom. The van der Waals surface area contributed by atoms with Crippen molar-refractivity contribution in [3.05, 3.63) is 53.8 Å². The monoisotopic (exact) mass is 448 g/mol. The van der Waals surface area contributed by atoms with E-state index in [-0.39, 0.29) is 12.1 Å². The zero-order chi connectivity index (χ0) is 22.7. The number of aryl methyl sites for hydroxylation is 1. The standard InChI is InChI=1S/C24H25FN6O2/c1-13-7-18-10-24(9-13,22-30-29-21(33-22)15-4-5-15)31(18)23(32)28-17-6-3-14(2)19(8-17)20-26-11-16(25)12-27-20/h3,6,8,11-13,15,18H,4-5,7,9-10H2,1-2H3,(H,28,32). The maximum atomic E-state index is 13.5. The molecule has 3 fully saturated rings. The number of hydrogen-bond donors (Lipinski definition) is 1. The van der Waals surface area contributed by atoms with E-state index in [1.807, 2.05) is 30.0 Å². The Morgan fingerprint density at radius 1 is 1.21 bits per heavy atom. The average Bonchev–Trinajstić information content (AvgIpc) is 3.51. The summed E-state index contributed by atoms with van der Waals surface area (Å²) in [6.07, 6.45) is 7.07. The van der Waals surface area contributed by atoms with Gasteiger partial charge < -0.3 is 14.6 Å². The van der Waals surface area contributed by atoms with Crippen LogP contribution in [0.2, 0.25) is 0 Å². The number of piperidine rings is 1. The van der Waals surface area contributed by atoms with Gasteiger partial charge in [0.1, 0.15) is 5.54 Å². The van der Waals surface area contributed by atoms with Crippen LogP contribution in [-0.2, 0) is 5.54 Å². The molecule has 8 nitrogen and oxygen atoms in total. The summed E-state index contributed by atoms with van der Waals surface area (Å²) >= 11 is 0. The molecule has 3 unspecified atom stereocenters. The molecule has 2 saturated heterocycles. The zero-order valence-electron chi connectivity index (χ0n) is 18.6. The summed E-state index contributed by atoms with van der Waals surface area (Å²) in [5.41, 5.74) is 1.76. The Labute approximate surface area is 190 Å². The Kier molecular flexibility index (Phi) is 4.50. The van der Waals surface area contributed by atoms with Crippen molar-refractivity contribution in [3.63, 3.8) is 0 Å². The normalized spacial score (nSPS) is 26.1. The van der Waals surface area contributed by atoms with Crippen molar-refractivity contribution in [3.8, 4) is 11.4 Å². The maximum absolute atomic E-state index is 13.5. The highest BCUT2D eigenvalue weighted by atomic mass is 19.1. The van der Waals surface area contributed by atoms with Gasteiger partial charge in [-0.3, -0.25) is 0 Å². The number of hydrogen-bond acceptors (Lipinski definition) is 6. The molecule has 33 heavy (non-hydrogen) atoms. The van der Waals surface area contributed by atoms with Crippen molar-refractivity contribution >= 4 is 11.7 Å². The van der Waals surface area contributed by atoms with E-state index in [0.717, 1.165) is 55.6 Å². The fraction of sp³-hybridized carbons (Fsp3) is 0.458. The quantitative estimate of drug-likeness (QED) is 0.617. The third-order valence-electron chi connectivity index (χ3n) is 7.09. The van der Waals surface area contributed by atoms with Crippen molar-refractivity contribution in [1.29, 1.82) is 0 Å². The molecule has 4 heterocycles. The number of urea groups is 1. The number of aromatic nitrogens is 4. The molecule has 2 aliphatic heterocycles. The van der Waals surface area contributed by atoms with Gasteiger partial charge in [0.2, 0.25) is 11.8 Å². The van der Waals surface area contributed by atoms with Crippen LogP contribution in [-0.4, -0.2) is 37.1 Å². The molecule has 9 heteroatoms. The van der Waals surface area contributed by atoms with Crippen LogP contribution in [0.1, 0.15) is 62.3 Å². The van der Waals surface area contributed by atoms with Crippen molar-refractivity contribution < 1.29 is 13.6 Å². The maximum Gasteiger partial charge on any atom is 0.323 e. The van der Waals surface area contributed by atoms with E-state index in [0.29, 0.717) is 35.1 Å².